The van der Waals surface area contributed by atoms with Gasteiger partial charge in [0.2, 0.25) is 15.9 Å². The highest BCUT2D eigenvalue weighted by molar-refractivity contribution is 7.89. The van der Waals surface area contributed by atoms with E-state index in [1.54, 1.807) is 13.0 Å². The lowest BCUT2D eigenvalue weighted by atomic mass is 10.3. The minimum absolute atomic E-state index is 0.0382. The molecule has 0 atom stereocenters. The molecule has 2 rings (SSSR count). The summed E-state index contributed by atoms with van der Waals surface area (Å²) in [6.07, 6.45) is 0. The molecule has 0 fully saturated rings. The summed E-state index contributed by atoms with van der Waals surface area (Å²) < 4.78 is 31.7. The topological polar surface area (TPSA) is 75.7 Å². The third-order valence-corrected chi connectivity index (χ3v) is 6.41. The molecule has 146 valence electrons. The van der Waals surface area contributed by atoms with Gasteiger partial charge in [-0.05, 0) is 36.4 Å². The zero-order chi connectivity index (χ0) is 20.2. The van der Waals surface area contributed by atoms with E-state index in [1.807, 2.05) is 0 Å². The zero-order valence-electron chi connectivity index (χ0n) is 14.5. The molecular formula is C17H17Cl3N2O4S. The van der Waals surface area contributed by atoms with Gasteiger partial charge in [0.15, 0.2) is 0 Å². The molecule has 0 saturated carbocycles. The van der Waals surface area contributed by atoms with Crippen LogP contribution in [0.4, 0.5) is 5.69 Å². The van der Waals surface area contributed by atoms with Crippen molar-refractivity contribution in [2.75, 3.05) is 25.5 Å². The second-order valence-electron chi connectivity index (χ2n) is 5.40. The number of nitrogens with one attached hydrogen (secondary N) is 1. The Labute approximate surface area is 173 Å². The van der Waals surface area contributed by atoms with Crippen molar-refractivity contribution in [2.45, 2.75) is 11.8 Å². The molecule has 27 heavy (non-hydrogen) atoms. The number of methoxy groups -OCH3 is 1. The lowest BCUT2D eigenvalue weighted by molar-refractivity contribution is -0.116. The predicted octanol–water partition coefficient (Wildman–Crippen LogP) is 4.30. The van der Waals surface area contributed by atoms with Gasteiger partial charge in [0.25, 0.3) is 0 Å². The lowest BCUT2D eigenvalue weighted by Crippen LogP contribution is -2.37. The van der Waals surface area contributed by atoms with Gasteiger partial charge < -0.3 is 10.1 Å². The largest absolute Gasteiger partial charge is 0.495 e. The summed E-state index contributed by atoms with van der Waals surface area (Å²) >= 11 is 17.9. The maximum absolute atomic E-state index is 12.8. The number of hydrogen-bond donors (Lipinski definition) is 1. The Kier molecular flexibility index (Phi) is 7.36. The summed E-state index contributed by atoms with van der Waals surface area (Å²) in [5.41, 5.74) is 0.301. The Morgan fingerprint density at radius 2 is 1.81 bits per heavy atom. The first-order chi connectivity index (χ1) is 12.7. The first-order valence-electron chi connectivity index (χ1n) is 7.77. The fourth-order valence-corrected chi connectivity index (χ4v) is 4.36. The van der Waals surface area contributed by atoms with E-state index in [2.05, 4.69) is 5.32 Å². The van der Waals surface area contributed by atoms with E-state index in [9.17, 15) is 13.2 Å². The van der Waals surface area contributed by atoms with Gasteiger partial charge in [-0.2, -0.15) is 4.31 Å². The van der Waals surface area contributed by atoms with Crippen molar-refractivity contribution in [2.24, 2.45) is 0 Å². The van der Waals surface area contributed by atoms with Gasteiger partial charge in [-0.1, -0.05) is 41.7 Å². The van der Waals surface area contributed by atoms with Crippen molar-refractivity contribution >= 4 is 56.4 Å². The van der Waals surface area contributed by atoms with E-state index >= 15 is 0 Å². The number of carbonyl (C=O) groups excluding carboxylic acids is 1. The van der Waals surface area contributed by atoms with Crippen molar-refractivity contribution in [1.29, 1.82) is 0 Å². The van der Waals surface area contributed by atoms with Crippen molar-refractivity contribution in [1.82, 2.24) is 4.31 Å². The van der Waals surface area contributed by atoms with Gasteiger partial charge in [-0.3, -0.25) is 4.79 Å². The van der Waals surface area contributed by atoms with E-state index < -0.39 is 22.5 Å². The van der Waals surface area contributed by atoms with Crippen LogP contribution in [0.15, 0.2) is 41.3 Å². The molecule has 0 saturated heterocycles. The van der Waals surface area contributed by atoms with Gasteiger partial charge in [0.1, 0.15) is 5.75 Å². The van der Waals surface area contributed by atoms with Crippen molar-refractivity contribution < 1.29 is 17.9 Å². The molecule has 0 aliphatic carbocycles. The number of anilines is 1. The number of amides is 1. The molecule has 10 heteroatoms. The summed E-state index contributed by atoms with van der Waals surface area (Å²) in [7, 11) is -2.50. The number of hydrogen-bond acceptors (Lipinski definition) is 4. The molecule has 0 unspecified atom stereocenters. The van der Waals surface area contributed by atoms with E-state index in [0.29, 0.717) is 21.5 Å². The molecule has 0 aliphatic rings. The average molecular weight is 452 g/mol. The maximum Gasteiger partial charge on any atom is 0.243 e. The monoisotopic (exact) mass is 450 g/mol. The smallest absolute Gasteiger partial charge is 0.243 e. The number of benzene rings is 2. The zero-order valence-corrected chi connectivity index (χ0v) is 17.6. The summed E-state index contributed by atoms with van der Waals surface area (Å²) in [6, 6.07) is 8.70. The molecule has 0 aromatic heterocycles. The Hall–Kier alpha value is -1.51. The molecule has 1 amide bonds. The summed E-state index contributed by atoms with van der Waals surface area (Å²) in [5, 5.41) is 3.40. The number of halogens is 3. The Balaban J connectivity index is 2.21. The van der Waals surface area contributed by atoms with Crippen LogP contribution in [-0.2, 0) is 14.8 Å². The minimum Gasteiger partial charge on any atom is -0.495 e. The average Bonchev–Trinajstić information content (AvgIpc) is 2.62. The van der Waals surface area contributed by atoms with Crippen LogP contribution in [0.5, 0.6) is 5.75 Å². The van der Waals surface area contributed by atoms with Crippen molar-refractivity contribution in [3.8, 4) is 5.75 Å². The third kappa shape index (κ3) is 5.27. The molecule has 0 heterocycles. The van der Waals surface area contributed by atoms with Crippen LogP contribution in [0.25, 0.3) is 0 Å². The van der Waals surface area contributed by atoms with E-state index in [1.165, 1.54) is 37.4 Å². The molecular weight excluding hydrogens is 435 g/mol. The molecule has 0 spiro atoms. The van der Waals surface area contributed by atoms with Crippen molar-refractivity contribution in [3.05, 3.63) is 51.5 Å². The minimum atomic E-state index is -3.93. The maximum atomic E-state index is 12.8. The fraction of sp³-hybridized carbons (Fsp3) is 0.235. The van der Waals surface area contributed by atoms with Gasteiger partial charge in [-0.15, -0.1) is 0 Å². The molecule has 0 aliphatic heterocycles. The second kappa shape index (κ2) is 9.12. The number of sulfonamides is 1. The van der Waals surface area contributed by atoms with Crippen LogP contribution in [-0.4, -0.2) is 38.8 Å². The van der Waals surface area contributed by atoms with Crippen LogP contribution in [0, 0.1) is 0 Å². The molecule has 0 radical (unpaired) electrons. The highest BCUT2D eigenvalue weighted by Crippen LogP contribution is 2.29. The van der Waals surface area contributed by atoms with E-state index in [-0.39, 0.29) is 16.5 Å². The normalized spacial score (nSPS) is 11.5. The number of likely N-dealkylation sites (N-methyl/N-ethyl adjacent to an activating group) is 1. The third-order valence-electron chi connectivity index (χ3n) is 3.64. The molecule has 2 aromatic carbocycles. The number of rotatable bonds is 7. The first kappa shape index (κ1) is 21.8. The van der Waals surface area contributed by atoms with Gasteiger partial charge >= 0.3 is 0 Å². The number of nitrogens with zero attached hydrogens (tertiary/aromatic N) is 1. The van der Waals surface area contributed by atoms with Gasteiger partial charge in [0.05, 0.1) is 34.3 Å². The number of ether oxygens (including phenoxy) is 1. The van der Waals surface area contributed by atoms with Gasteiger partial charge in [0, 0.05) is 11.6 Å². The van der Waals surface area contributed by atoms with E-state index in [4.69, 9.17) is 39.5 Å². The van der Waals surface area contributed by atoms with E-state index in [0.717, 1.165) is 4.31 Å². The predicted molar refractivity (Wildman–Crippen MR) is 108 cm³/mol. The Bertz CT molecular complexity index is 951. The fourth-order valence-electron chi connectivity index (χ4n) is 2.27. The van der Waals surface area contributed by atoms with Gasteiger partial charge in [-0.25, -0.2) is 8.42 Å². The molecule has 1 N–H and O–H groups in total. The highest BCUT2D eigenvalue weighted by atomic mass is 35.5. The van der Waals surface area contributed by atoms with Crippen LogP contribution in [0.1, 0.15) is 6.92 Å². The Morgan fingerprint density at radius 3 is 2.41 bits per heavy atom. The highest BCUT2D eigenvalue weighted by Gasteiger charge is 2.26. The van der Waals surface area contributed by atoms with Crippen molar-refractivity contribution in [3.63, 3.8) is 0 Å². The molecule has 0 bridgehead atoms. The lowest BCUT2D eigenvalue weighted by Gasteiger charge is -2.20. The molecule has 2 aromatic rings. The molecule has 6 nitrogen and oxygen atoms in total. The van der Waals surface area contributed by atoms with Crippen LogP contribution in [0.3, 0.4) is 0 Å². The summed E-state index contributed by atoms with van der Waals surface area (Å²) in [6.45, 7) is 1.32. The van der Waals surface area contributed by atoms with Crippen LogP contribution < -0.4 is 10.1 Å². The summed E-state index contributed by atoms with van der Waals surface area (Å²) in [4.78, 5) is 12.3. The van der Waals surface area contributed by atoms with Crippen LogP contribution >= 0.6 is 34.8 Å². The SMILES string of the molecule is CCN(CC(=O)Nc1cc(Cl)ccc1Cl)S(=O)(=O)c1ccc(OC)c(Cl)c1. The summed E-state index contributed by atoms with van der Waals surface area (Å²) in [5.74, 6) is -0.198. The quantitative estimate of drug-likeness (QED) is 0.681. The standard InChI is InChI=1S/C17H17Cl3N2O4S/c1-3-22(10-17(23)21-15-8-11(18)4-6-13(15)19)27(24,25)12-5-7-16(26-2)14(20)9-12/h4-9H,3,10H2,1-2H3,(H,21,23). The van der Waals surface area contributed by atoms with Crippen LogP contribution in [0.2, 0.25) is 15.1 Å². The Morgan fingerprint density at radius 1 is 1.11 bits per heavy atom. The second-order valence-corrected chi connectivity index (χ2v) is 8.59. The number of carbonyl (C=O) groups is 1. The first-order valence-corrected chi connectivity index (χ1v) is 10.3.